The number of halogens is 6. The molecule has 1 atom stereocenters. The average Bonchev–Trinajstić information content (AvgIpc) is 1.84. The second-order valence-electron chi connectivity index (χ2n) is 1.72. The van der Waals surface area contributed by atoms with E-state index in [1.807, 2.05) is 15.9 Å². The van der Waals surface area contributed by atoms with E-state index in [0.29, 0.717) is 0 Å². The highest BCUT2D eigenvalue weighted by Crippen LogP contribution is 2.74. The molecule has 1 aliphatic carbocycles. The molecule has 54 valence electrons. The van der Waals surface area contributed by atoms with Gasteiger partial charge < -0.3 is 0 Å². The molecule has 1 rings (SSSR count). The molecule has 1 saturated carbocycles. The van der Waals surface area contributed by atoms with Crippen molar-refractivity contribution in [2.75, 3.05) is 0 Å². The maximum Gasteiger partial charge on any atom is 0.331 e. The van der Waals surface area contributed by atoms with E-state index in [-0.39, 0.29) is 0 Å². The topological polar surface area (TPSA) is 0 Å². The van der Waals surface area contributed by atoms with Crippen molar-refractivity contribution < 1.29 is 13.2 Å². The maximum absolute atomic E-state index is 12.3. The monoisotopic (exact) mass is 242 g/mol. The summed E-state index contributed by atoms with van der Waals surface area (Å²) in [5.41, 5.74) is 0. The van der Waals surface area contributed by atoms with E-state index in [2.05, 4.69) is 0 Å². The third-order valence-electron chi connectivity index (χ3n) is 1.12. The van der Waals surface area contributed by atoms with Crippen molar-refractivity contribution in [2.45, 2.75) is 14.8 Å². The molecule has 0 nitrogen and oxygen atoms in total. The van der Waals surface area contributed by atoms with Gasteiger partial charge in [-0.3, -0.25) is 0 Å². The largest absolute Gasteiger partial charge is 0.331 e. The van der Waals surface area contributed by atoms with Crippen LogP contribution in [-0.4, -0.2) is 14.8 Å². The average molecular weight is 244 g/mol. The Morgan fingerprint density at radius 1 is 1.11 bits per heavy atom. The summed E-state index contributed by atoms with van der Waals surface area (Å²) in [6, 6.07) is 0. The molecule has 0 aromatic rings. The predicted molar refractivity (Wildman–Crippen MR) is 32.2 cm³/mol. The lowest BCUT2D eigenvalue weighted by Gasteiger charge is -1.88. The molecule has 0 N–H and O–H groups in total. The summed E-state index contributed by atoms with van der Waals surface area (Å²) < 4.78 is 30.7. The summed E-state index contributed by atoms with van der Waals surface area (Å²) >= 11 is 11.7. The number of alkyl halides is 6. The van der Waals surface area contributed by atoms with E-state index < -0.39 is 14.8 Å². The standard InChI is InChI=1S/C3BrCl2F3/c4-1(7)2(5,6)3(1,8)9/t1-/m1/s1. The molecule has 0 aliphatic heterocycles. The lowest BCUT2D eigenvalue weighted by atomic mass is 10.8. The third kappa shape index (κ3) is 0.621. The Morgan fingerprint density at radius 2 is 1.22 bits per heavy atom. The van der Waals surface area contributed by atoms with Gasteiger partial charge in [-0.15, -0.1) is 0 Å². The molecule has 6 heteroatoms. The number of hydrogen-bond donors (Lipinski definition) is 0. The molecule has 0 amide bonds. The summed E-state index contributed by atoms with van der Waals surface area (Å²) in [6.45, 7) is 0. The van der Waals surface area contributed by atoms with Gasteiger partial charge in [0.05, 0.1) is 0 Å². The van der Waals surface area contributed by atoms with E-state index in [1.165, 1.54) is 0 Å². The van der Waals surface area contributed by atoms with Gasteiger partial charge in [-0.1, -0.05) is 23.2 Å². The van der Waals surface area contributed by atoms with Crippen LogP contribution in [0.15, 0.2) is 0 Å². The molecule has 9 heavy (non-hydrogen) atoms. The van der Waals surface area contributed by atoms with E-state index in [0.717, 1.165) is 0 Å². The lowest BCUT2D eigenvalue weighted by molar-refractivity contribution is 0.0776. The normalized spacial score (nSPS) is 44.7. The fraction of sp³-hybridized carbons (Fsp3) is 1.00. The summed E-state index contributed by atoms with van der Waals surface area (Å²) in [5.74, 6) is -3.68. The zero-order chi connectivity index (χ0) is 7.50. The summed E-state index contributed by atoms with van der Waals surface area (Å²) in [4.78, 5) is 0. The Labute approximate surface area is 67.4 Å². The molecule has 0 aromatic carbocycles. The van der Waals surface area contributed by atoms with E-state index in [9.17, 15) is 13.2 Å². The zero-order valence-corrected chi connectivity index (χ0v) is 6.87. The first-order chi connectivity index (χ1) is 3.75. The SMILES string of the molecule is FC1(F)C(Cl)(Cl)[C@]1(F)Br. The van der Waals surface area contributed by atoms with Crippen molar-refractivity contribution in [3.63, 3.8) is 0 Å². The van der Waals surface area contributed by atoms with Gasteiger partial charge in [0.15, 0.2) is 0 Å². The Kier molecular flexibility index (Phi) is 1.36. The zero-order valence-electron chi connectivity index (χ0n) is 3.77. The summed E-state index contributed by atoms with van der Waals surface area (Å²) in [5, 5.41) is 0. The van der Waals surface area contributed by atoms with Crippen LogP contribution in [-0.2, 0) is 0 Å². The smallest absolute Gasteiger partial charge is 0.221 e. The van der Waals surface area contributed by atoms with Crippen LogP contribution in [0, 0.1) is 0 Å². The van der Waals surface area contributed by atoms with Crippen LogP contribution >= 0.6 is 39.1 Å². The van der Waals surface area contributed by atoms with Gasteiger partial charge in [0.2, 0.25) is 4.33 Å². The van der Waals surface area contributed by atoms with Gasteiger partial charge in [0, 0.05) is 0 Å². The van der Waals surface area contributed by atoms with Gasteiger partial charge >= 0.3 is 5.92 Å². The van der Waals surface area contributed by atoms with Crippen LogP contribution in [0.1, 0.15) is 0 Å². The van der Waals surface area contributed by atoms with Gasteiger partial charge in [-0.2, -0.15) is 8.78 Å². The maximum atomic E-state index is 12.3. The molecule has 0 bridgehead atoms. The molecule has 0 aromatic heterocycles. The Balaban J connectivity index is 2.91. The van der Waals surface area contributed by atoms with Crippen LogP contribution in [0.3, 0.4) is 0 Å². The van der Waals surface area contributed by atoms with Crippen LogP contribution in [0.4, 0.5) is 13.2 Å². The molecule has 1 fully saturated rings. The molecule has 1 aliphatic rings. The summed E-state index contributed by atoms with van der Waals surface area (Å²) in [6.07, 6.45) is 0. The fourth-order valence-electron chi connectivity index (χ4n) is 0.356. The molecule has 0 radical (unpaired) electrons. The van der Waals surface area contributed by atoms with E-state index in [1.54, 1.807) is 0 Å². The van der Waals surface area contributed by atoms with Crippen molar-refractivity contribution >= 4 is 39.1 Å². The van der Waals surface area contributed by atoms with Gasteiger partial charge in [-0.05, 0) is 15.9 Å². The first kappa shape index (κ1) is 7.95. The van der Waals surface area contributed by atoms with Gasteiger partial charge in [0.1, 0.15) is 0 Å². The Bertz CT molecular complexity index is 115. The minimum Gasteiger partial charge on any atom is -0.221 e. The Hall–Kier alpha value is 0.850. The molecular weight excluding hydrogens is 244 g/mol. The lowest BCUT2D eigenvalue weighted by Crippen LogP contribution is -2.01. The van der Waals surface area contributed by atoms with Crippen molar-refractivity contribution in [1.82, 2.24) is 0 Å². The van der Waals surface area contributed by atoms with Crippen molar-refractivity contribution in [2.24, 2.45) is 0 Å². The number of rotatable bonds is 0. The van der Waals surface area contributed by atoms with E-state index >= 15 is 0 Å². The highest BCUT2D eigenvalue weighted by molar-refractivity contribution is 9.10. The fourth-order valence-corrected chi connectivity index (χ4v) is 1.43. The van der Waals surface area contributed by atoms with Crippen molar-refractivity contribution in [3.8, 4) is 0 Å². The second-order valence-corrected chi connectivity index (χ2v) is 4.14. The van der Waals surface area contributed by atoms with Crippen molar-refractivity contribution in [3.05, 3.63) is 0 Å². The second kappa shape index (κ2) is 1.53. The van der Waals surface area contributed by atoms with Crippen LogP contribution in [0.5, 0.6) is 0 Å². The molecule has 0 spiro atoms. The summed E-state index contributed by atoms with van der Waals surface area (Å²) in [7, 11) is 0. The minimum atomic E-state index is -3.68. The first-order valence-electron chi connectivity index (χ1n) is 1.88. The third-order valence-corrected chi connectivity index (χ3v) is 3.67. The molecular formula is C3BrCl2F3. The van der Waals surface area contributed by atoms with E-state index in [4.69, 9.17) is 23.2 Å². The number of hydrogen-bond acceptors (Lipinski definition) is 0. The quantitative estimate of drug-likeness (QED) is 0.574. The van der Waals surface area contributed by atoms with Gasteiger partial charge in [-0.25, -0.2) is 4.39 Å². The van der Waals surface area contributed by atoms with Crippen LogP contribution in [0.2, 0.25) is 0 Å². The van der Waals surface area contributed by atoms with Crippen molar-refractivity contribution in [1.29, 1.82) is 0 Å². The van der Waals surface area contributed by atoms with Crippen LogP contribution < -0.4 is 0 Å². The van der Waals surface area contributed by atoms with Gasteiger partial charge in [0.25, 0.3) is 4.58 Å². The Morgan fingerprint density at radius 3 is 1.22 bits per heavy atom. The molecule has 0 heterocycles. The minimum absolute atomic E-state index is 2.05. The first-order valence-corrected chi connectivity index (χ1v) is 3.43. The highest BCUT2D eigenvalue weighted by atomic mass is 79.9. The molecule has 0 saturated heterocycles. The highest BCUT2D eigenvalue weighted by Gasteiger charge is 2.93. The predicted octanol–water partition coefficient (Wildman–Crippen LogP) is 2.87. The molecule has 0 unspecified atom stereocenters. The van der Waals surface area contributed by atoms with Crippen LogP contribution in [0.25, 0.3) is 0 Å².